The first-order valence-corrected chi connectivity index (χ1v) is 9.97. The Balaban J connectivity index is 1.98. The van der Waals surface area contributed by atoms with Crippen LogP contribution >= 0.6 is 50.2 Å². The number of hydrogen-bond acceptors (Lipinski definition) is 4. The first-order chi connectivity index (χ1) is 11.6. The Morgan fingerprint density at radius 2 is 2.17 bits per heavy atom. The standard InChI is InChI=1S/C16H14BrClN2O2S2/c1-22-7-6-20-12-4-2-10(17)8-13(12)24-16(20)19-15(21)9-11-3-5-14(18)23-11/h2-5,8H,6-7,9H2,1H3. The van der Waals surface area contributed by atoms with Crippen LogP contribution in [0.15, 0.2) is 39.8 Å². The molecule has 4 nitrogen and oxygen atoms in total. The average molecular weight is 446 g/mol. The first-order valence-electron chi connectivity index (χ1n) is 7.16. The first kappa shape index (κ1) is 17.8. The second-order valence-electron chi connectivity index (χ2n) is 5.03. The molecule has 1 aromatic carbocycles. The number of aromatic nitrogens is 1. The number of rotatable bonds is 5. The van der Waals surface area contributed by atoms with Crippen molar-refractivity contribution in [2.24, 2.45) is 4.99 Å². The van der Waals surface area contributed by atoms with E-state index < -0.39 is 0 Å². The van der Waals surface area contributed by atoms with Crippen molar-refractivity contribution < 1.29 is 9.53 Å². The summed E-state index contributed by atoms with van der Waals surface area (Å²) in [7, 11) is 1.66. The van der Waals surface area contributed by atoms with E-state index >= 15 is 0 Å². The monoisotopic (exact) mass is 444 g/mol. The molecular weight excluding hydrogens is 432 g/mol. The van der Waals surface area contributed by atoms with E-state index in [-0.39, 0.29) is 12.3 Å². The van der Waals surface area contributed by atoms with E-state index in [1.165, 1.54) is 22.7 Å². The highest BCUT2D eigenvalue weighted by atomic mass is 79.9. The van der Waals surface area contributed by atoms with Gasteiger partial charge in [-0.1, -0.05) is 38.9 Å². The van der Waals surface area contributed by atoms with Crippen LogP contribution < -0.4 is 4.80 Å². The van der Waals surface area contributed by atoms with Crippen LogP contribution in [0.5, 0.6) is 0 Å². The smallest absolute Gasteiger partial charge is 0.253 e. The van der Waals surface area contributed by atoms with Gasteiger partial charge in [0.2, 0.25) is 0 Å². The summed E-state index contributed by atoms with van der Waals surface area (Å²) in [6, 6.07) is 9.70. The van der Waals surface area contributed by atoms with Crippen molar-refractivity contribution in [1.29, 1.82) is 0 Å². The Labute approximate surface area is 160 Å². The van der Waals surface area contributed by atoms with E-state index in [2.05, 4.69) is 20.9 Å². The molecule has 8 heteroatoms. The van der Waals surface area contributed by atoms with E-state index in [4.69, 9.17) is 16.3 Å². The maximum atomic E-state index is 12.3. The van der Waals surface area contributed by atoms with Gasteiger partial charge in [0, 0.05) is 23.0 Å². The zero-order chi connectivity index (χ0) is 17.1. The molecule has 0 spiro atoms. The summed E-state index contributed by atoms with van der Waals surface area (Å²) in [5.41, 5.74) is 1.05. The van der Waals surface area contributed by atoms with Gasteiger partial charge in [0.25, 0.3) is 5.91 Å². The number of ether oxygens (including phenoxy) is 1. The fourth-order valence-electron chi connectivity index (χ4n) is 2.27. The van der Waals surface area contributed by atoms with Crippen LogP contribution in [0.3, 0.4) is 0 Å². The maximum Gasteiger partial charge on any atom is 0.253 e. The van der Waals surface area contributed by atoms with E-state index in [0.717, 1.165) is 19.6 Å². The highest BCUT2D eigenvalue weighted by molar-refractivity contribution is 9.10. The number of halogens is 2. The van der Waals surface area contributed by atoms with Gasteiger partial charge in [0.05, 0.1) is 27.6 Å². The molecule has 24 heavy (non-hydrogen) atoms. The normalized spacial score (nSPS) is 12.2. The number of fused-ring (bicyclic) bond motifs is 1. The Morgan fingerprint density at radius 1 is 1.33 bits per heavy atom. The highest BCUT2D eigenvalue weighted by Crippen LogP contribution is 2.23. The van der Waals surface area contributed by atoms with Crippen molar-refractivity contribution in [3.63, 3.8) is 0 Å². The molecule has 3 rings (SSSR count). The summed E-state index contributed by atoms with van der Waals surface area (Å²) in [5.74, 6) is -0.176. The van der Waals surface area contributed by atoms with Crippen LogP contribution in [-0.4, -0.2) is 24.2 Å². The molecular formula is C16H14BrClN2O2S2. The lowest BCUT2D eigenvalue weighted by Gasteiger charge is -2.04. The largest absolute Gasteiger partial charge is 0.383 e. The van der Waals surface area contributed by atoms with Crippen LogP contribution in [0.2, 0.25) is 4.34 Å². The number of carbonyl (C=O) groups is 1. The lowest BCUT2D eigenvalue weighted by molar-refractivity contribution is -0.117. The molecule has 0 saturated carbocycles. The van der Waals surface area contributed by atoms with Crippen molar-refractivity contribution in [1.82, 2.24) is 4.57 Å². The Morgan fingerprint density at radius 3 is 2.88 bits per heavy atom. The third kappa shape index (κ3) is 4.15. The molecule has 2 aromatic heterocycles. The topological polar surface area (TPSA) is 43.6 Å². The number of thiophene rings is 1. The Bertz CT molecular complexity index is 945. The van der Waals surface area contributed by atoms with Crippen molar-refractivity contribution in [3.05, 3.63) is 48.8 Å². The number of thiazole rings is 1. The molecule has 0 aliphatic rings. The summed E-state index contributed by atoms with van der Waals surface area (Å²) in [4.78, 5) is 18.2. The zero-order valence-corrected chi connectivity index (χ0v) is 16.8. The minimum absolute atomic E-state index is 0.176. The van der Waals surface area contributed by atoms with Crippen LogP contribution in [0.4, 0.5) is 0 Å². The molecule has 0 aliphatic carbocycles. The lowest BCUT2D eigenvalue weighted by atomic mass is 10.3. The van der Waals surface area contributed by atoms with Crippen molar-refractivity contribution in [2.75, 3.05) is 13.7 Å². The van der Waals surface area contributed by atoms with Gasteiger partial charge in [-0.3, -0.25) is 4.79 Å². The van der Waals surface area contributed by atoms with Gasteiger partial charge < -0.3 is 9.30 Å². The second kappa shape index (κ2) is 7.93. The van der Waals surface area contributed by atoms with Gasteiger partial charge in [-0.15, -0.1) is 11.3 Å². The fourth-order valence-corrected chi connectivity index (χ4v) is 4.98. The molecule has 0 N–H and O–H groups in total. The van der Waals surface area contributed by atoms with Crippen LogP contribution in [-0.2, 0) is 22.5 Å². The predicted octanol–water partition coefficient (Wildman–Crippen LogP) is 4.50. The number of nitrogens with zero attached hydrogens (tertiary/aromatic N) is 2. The Hall–Kier alpha value is -0.990. The number of carbonyl (C=O) groups excluding carboxylic acids is 1. The number of hydrogen-bond donors (Lipinski definition) is 0. The molecule has 0 saturated heterocycles. The van der Waals surface area contributed by atoms with Crippen molar-refractivity contribution in [2.45, 2.75) is 13.0 Å². The lowest BCUT2D eigenvalue weighted by Crippen LogP contribution is -2.19. The van der Waals surface area contributed by atoms with E-state index in [1.54, 1.807) is 13.2 Å². The highest BCUT2D eigenvalue weighted by Gasteiger charge is 2.10. The predicted molar refractivity (Wildman–Crippen MR) is 103 cm³/mol. The SMILES string of the molecule is COCCn1c(=NC(=O)Cc2ccc(Cl)s2)sc2cc(Br)ccc21. The fraction of sp³-hybridized carbons (Fsp3) is 0.250. The van der Waals surface area contributed by atoms with Gasteiger partial charge in [-0.25, -0.2) is 0 Å². The third-order valence-corrected chi connectivity index (χ3v) is 6.10. The minimum Gasteiger partial charge on any atom is -0.383 e. The summed E-state index contributed by atoms with van der Waals surface area (Å²) in [6.07, 6.45) is 0.263. The summed E-state index contributed by atoms with van der Waals surface area (Å²) in [6.45, 7) is 1.21. The maximum absolute atomic E-state index is 12.3. The molecule has 0 atom stereocenters. The summed E-state index contributed by atoms with van der Waals surface area (Å²) in [5, 5.41) is 0. The van der Waals surface area contributed by atoms with E-state index in [9.17, 15) is 4.79 Å². The van der Waals surface area contributed by atoms with Gasteiger partial charge in [0.15, 0.2) is 4.80 Å². The summed E-state index contributed by atoms with van der Waals surface area (Å²) >= 11 is 12.3. The van der Waals surface area contributed by atoms with Gasteiger partial charge in [-0.2, -0.15) is 4.99 Å². The molecule has 126 valence electrons. The molecule has 0 unspecified atom stereocenters. The molecule has 3 aromatic rings. The second-order valence-corrected chi connectivity index (χ2v) is 8.75. The number of benzene rings is 1. The molecule has 0 radical (unpaired) electrons. The molecule has 0 fully saturated rings. The molecule has 0 aliphatic heterocycles. The molecule has 1 amide bonds. The molecule has 0 bridgehead atoms. The van der Waals surface area contributed by atoms with Crippen molar-refractivity contribution in [3.8, 4) is 0 Å². The van der Waals surface area contributed by atoms with Gasteiger partial charge >= 0.3 is 0 Å². The number of amides is 1. The van der Waals surface area contributed by atoms with Crippen molar-refractivity contribution >= 4 is 66.3 Å². The van der Waals surface area contributed by atoms with Gasteiger partial charge in [-0.05, 0) is 30.3 Å². The van der Waals surface area contributed by atoms with Crippen LogP contribution in [0.25, 0.3) is 10.2 Å². The van der Waals surface area contributed by atoms with Crippen LogP contribution in [0, 0.1) is 0 Å². The summed E-state index contributed by atoms with van der Waals surface area (Å²) < 4.78 is 9.96. The number of methoxy groups -OCH3 is 1. The third-order valence-electron chi connectivity index (χ3n) is 3.34. The minimum atomic E-state index is -0.176. The van der Waals surface area contributed by atoms with E-state index in [1.807, 2.05) is 28.8 Å². The Kier molecular flexibility index (Phi) is 5.89. The van der Waals surface area contributed by atoms with Gasteiger partial charge in [0.1, 0.15) is 0 Å². The zero-order valence-electron chi connectivity index (χ0n) is 12.8. The molecule has 2 heterocycles. The quantitative estimate of drug-likeness (QED) is 0.580. The average Bonchev–Trinajstić information content (AvgIpc) is 3.08. The van der Waals surface area contributed by atoms with E-state index in [0.29, 0.717) is 22.3 Å². The van der Waals surface area contributed by atoms with Crippen LogP contribution in [0.1, 0.15) is 4.88 Å².